The number of benzene rings is 2. The van der Waals surface area contributed by atoms with Gasteiger partial charge in [0.05, 0.1) is 11.1 Å². The van der Waals surface area contributed by atoms with Crippen LogP contribution in [0.15, 0.2) is 52.3 Å². The number of fused-ring (bicyclic) bond motifs is 1. The summed E-state index contributed by atoms with van der Waals surface area (Å²) in [7, 11) is 0. The van der Waals surface area contributed by atoms with E-state index in [4.69, 9.17) is 0 Å². The van der Waals surface area contributed by atoms with Crippen LogP contribution in [0, 0.1) is 3.70 Å². The molecule has 0 spiro atoms. The van der Waals surface area contributed by atoms with Gasteiger partial charge in [-0.1, -0.05) is 23.9 Å². The predicted octanol–water partition coefficient (Wildman–Crippen LogP) is 4.61. The third-order valence-corrected chi connectivity index (χ3v) is 5.18. The lowest BCUT2D eigenvalue weighted by atomic mass is 10.2. The van der Waals surface area contributed by atoms with E-state index in [1.807, 2.05) is 23.5 Å². The molecule has 0 aliphatic rings. The fraction of sp³-hybridized carbons (Fsp3) is 0.125. The quantitative estimate of drug-likeness (QED) is 0.540. The van der Waals surface area contributed by atoms with Crippen molar-refractivity contribution < 1.29 is 18.0 Å². The summed E-state index contributed by atoms with van der Waals surface area (Å²) in [5.41, 5.74) is 1.06. The van der Waals surface area contributed by atoms with E-state index >= 15 is 0 Å². The van der Waals surface area contributed by atoms with E-state index < -0.39 is 18.6 Å². The number of aromatic amines is 1. The molecular formula is C16H11F3IN3OS. The molecule has 3 aromatic rings. The molecule has 3 rings (SSSR count). The van der Waals surface area contributed by atoms with Crippen LogP contribution in [0.1, 0.15) is 10.4 Å². The number of aromatic nitrogens is 2. The first kappa shape index (κ1) is 18.1. The van der Waals surface area contributed by atoms with Gasteiger partial charge in [-0.05, 0) is 52.9 Å². The van der Waals surface area contributed by atoms with Crippen molar-refractivity contribution in [1.82, 2.24) is 15.5 Å². The molecule has 0 saturated heterocycles. The van der Waals surface area contributed by atoms with Gasteiger partial charge in [-0.3, -0.25) is 9.89 Å². The predicted molar refractivity (Wildman–Crippen MR) is 97.8 cm³/mol. The Labute approximate surface area is 158 Å². The maximum atomic E-state index is 12.3. The molecule has 1 heterocycles. The van der Waals surface area contributed by atoms with Crippen molar-refractivity contribution >= 4 is 51.2 Å². The lowest BCUT2D eigenvalue weighted by molar-refractivity contribution is -0.123. The lowest BCUT2D eigenvalue weighted by Crippen LogP contribution is -2.33. The first-order chi connectivity index (χ1) is 11.8. The van der Waals surface area contributed by atoms with E-state index in [0.29, 0.717) is 4.90 Å². The van der Waals surface area contributed by atoms with Gasteiger partial charge in [-0.25, -0.2) is 0 Å². The number of nitrogens with zero attached hydrogens (tertiary/aromatic N) is 1. The molecule has 0 saturated carbocycles. The first-order valence-electron chi connectivity index (χ1n) is 7.09. The topological polar surface area (TPSA) is 57.8 Å². The monoisotopic (exact) mass is 477 g/mol. The van der Waals surface area contributed by atoms with Crippen molar-refractivity contribution in [1.29, 1.82) is 0 Å². The van der Waals surface area contributed by atoms with Crippen LogP contribution in [-0.4, -0.2) is 28.8 Å². The minimum atomic E-state index is -4.44. The number of H-pyrrole nitrogens is 1. The minimum absolute atomic E-state index is 0.205. The third kappa shape index (κ3) is 4.46. The first-order valence-corrected chi connectivity index (χ1v) is 8.98. The normalized spacial score (nSPS) is 11.7. The number of halogens is 4. The molecule has 9 heteroatoms. The largest absolute Gasteiger partial charge is 0.405 e. The Balaban J connectivity index is 1.83. The van der Waals surface area contributed by atoms with E-state index in [9.17, 15) is 18.0 Å². The molecule has 0 atom stereocenters. The second kappa shape index (κ2) is 7.24. The van der Waals surface area contributed by atoms with Crippen molar-refractivity contribution in [2.45, 2.75) is 16.0 Å². The van der Waals surface area contributed by atoms with Gasteiger partial charge in [0, 0.05) is 15.2 Å². The van der Waals surface area contributed by atoms with Gasteiger partial charge in [0.1, 0.15) is 10.2 Å². The molecule has 0 aliphatic carbocycles. The van der Waals surface area contributed by atoms with Gasteiger partial charge in [0.2, 0.25) is 0 Å². The Kier molecular flexibility index (Phi) is 5.23. The van der Waals surface area contributed by atoms with Crippen molar-refractivity contribution in [3.8, 4) is 0 Å². The number of nitrogens with one attached hydrogen (secondary N) is 2. The van der Waals surface area contributed by atoms with Gasteiger partial charge in [0.25, 0.3) is 5.91 Å². The average Bonchev–Trinajstić information content (AvgIpc) is 2.93. The molecule has 0 unspecified atom stereocenters. The molecule has 25 heavy (non-hydrogen) atoms. The van der Waals surface area contributed by atoms with E-state index in [2.05, 4.69) is 32.8 Å². The van der Waals surface area contributed by atoms with Crippen LogP contribution in [0.3, 0.4) is 0 Å². The summed E-state index contributed by atoms with van der Waals surface area (Å²) in [6, 6.07) is 12.2. The highest BCUT2D eigenvalue weighted by Crippen LogP contribution is 2.32. The maximum absolute atomic E-state index is 12.3. The number of hydrogen-bond acceptors (Lipinski definition) is 3. The summed E-state index contributed by atoms with van der Waals surface area (Å²) >= 11 is 3.43. The average molecular weight is 477 g/mol. The molecule has 2 aromatic carbocycles. The number of carbonyl (C=O) groups is 1. The Morgan fingerprint density at radius 2 is 2.00 bits per heavy atom. The Morgan fingerprint density at radius 1 is 1.24 bits per heavy atom. The summed E-state index contributed by atoms with van der Waals surface area (Å²) in [4.78, 5) is 13.5. The van der Waals surface area contributed by atoms with E-state index in [1.165, 1.54) is 17.8 Å². The highest BCUT2D eigenvalue weighted by atomic mass is 127. The van der Waals surface area contributed by atoms with Crippen LogP contribution in [0.25, 0.3) is 10.9 Å². The minimum Gasteiger partial charge on any atom is -0.343 e. The number of rotatable bonds is 4. The lowest BCUT2D eigenvalue weighted by Gasteiger charge is -2.11. The summed E-state index contributed by atoms with van der Waals surface area (Å²) in [5, 5.41) is 9.92. The second-order valence-electron chi connectivity index (χ2n) is 5.12. The van der Waals surface area contributed by atoms with Crippen LogP contribution in [0.5, 0.6) is 0 Å². The Hall–Kier alpha value is -1.75. The molecule has 0 bridgehead atoms. The van der Waals surface area contributed by atoms with Gasteiger partial charge in [-0.2, -0.15) is 18.3 Å². The van der Waals surface area contributed by atoms with E-state index in [-0.39, 0.29) is 5.56 Å². The van der Waals surface area contributed by atoms with Crippen LogP contribution in [-0.2, 0) is 0 Å². The summed E-state index contributed by atoms with van der Waals surface area (Å²) < 4.78 is 37.8. The zero-order chi connectivity index (χ0) is 18.0. The maximum Gasteiger partial charge on any atom is 0.405 e. The number of carbonyl (C=O) groups excluding carboxylic acids is 1. The third-order valence-electron chi connectivity index (χ3n) is 3.30. The van der Waals surface area contributed by atoms with Crippen LogP contribution < -0.4 is 5.32 Å². The summed E-state index contributed by atoms with van der Waals surface area (Å²) in [6.07, 6.45) is -4.44. The fourth-order valence-electron chi connectivity index (χ4n) is 2.17. The second-order valence-corrected chi connectivity index (χ2v) is 7.26. The molecule has 130 valence electrons. The van der Waals surface area contributed by atoms with Gasteiger partial charge < -0.3 is 5.32 Å². The molecular weight excluding hydrogens is 466 g/mol. The molecule has 0 fully saturated rings. The van der Waals surface area contributed by atoms with Crippen molar-refractivity contribution in [2.24, 2.45) is 0 Å². The van der Waals surface area contributed by atoms with E-state index in [0.717, 1.165) is 19.5 Å². The zero-order valence-electron chi connectivity index (χ0n) is 12.5. The van der Waals surface area contributed by atoms with Crippen molar-refractivity contribution in [3.63, 3.8) is 0 Å². The SMILES string of the molecule is O=C(NCC(F)(F)F)c1ccccc1Sc1ccc2c(I)n[nH]c2c1. The molecule has 2 N–H and O–H groups in total. The molecule has 4 nitrogen and oxygen atoms in total. The summed E-state index contributed by atoms with van der Waals surface area (Å²) in [5.74, 6) is -0.752. The fourth-order valence-corrected chi connectivity index (χ4v) is 3.75. The zero-order valence-corrected chi connectivity index (χ0v) is 15.5. The molecule has 0 radical (unpaired) electrons. The number of amides is 1. The Bertz CT molecular complexity index is 926. The summed E-state index contributed by atoms with van der Waals surface area (Å²) in [6.45, 7) is -1.36. The van der Waals surface area contributed by atoms with Gasteiger partial charge in [-0.15, -0.1) is 0 Å². The highest BCUT2D eigenvalue weighted by molar-refractivity contribution is 14.1. The van der Waals surface area contributed by atoms with Crippen molar-refractivity contribution in [2.75, 3.05) is 6.54 Å². The Morgan fingerprint density at radius 3 is 2.76 bits per heavy atom. The van der Waals surface area contributed by atoms with Crippen LogP contribution in [0.2, 0.25) is 0 Å². The molecule has 1 aromatic heterocycles. The smallest absolute Gasteiger partial charge is 0.343 e. The highest BCUT2D eigenvalue weighted by Gasteiger charge is 2.28. The van der Waals surface area contributed by atoms with Gasteiger partial charge >= 0.3 is 6.18 Å². The molecule has 1 amide bonds. The number of alkyl halides is 3. The van der Waals surface area contributed by atoms with Crippen LogP contribution in [0.4, 0.5) is 13.2 Å². The van der Waals surface area contributed by atoms with E-state index in [1.54, 1.807) is 18.2 Å². The standard InChI is InChI=1S/C16H11F3IN3OS/c17-16(18,19)8-21-15(24)11-3-1-2-4-13(11)25-9-5-6-10-12(7-9)22-23-14(10)20/h1-7H,8H2,(H,21,24)(H,22,23). The van der Waals surface area contributed by atoms with Gasteiger partial charge in [0.15, 0.2) is 0 Å². The van der Waals surface area contributed by atoms with Crippen molar-refractivity contribution in [3.05, 3.63) is 51.7 Å². The molecule has 0 aliphatic heterocycles. The number of hydrogen-bond donors (Lipinski definition) is 2. The van der Waals surface area contributed by atoms with Crippen LogP contribution >= 0.6 is 34.4 Å².